The Morgan fingerprint density at radius 2 is 1.52 bits per heavy atom. The van der Waals surface area contributed by atoms with E-state index < -0.39 is 16.6 Å². The molecule has 0 aromatic heterocycles. The van der Waals surface area contributed by atoms with Crippen molar-refractivity contribution in [3.05, 3.63) is 47.6 Å². The minimum Gasteiger partial charge on any atom is -0.413 e. The van der Waals surface area contributed by atoms with Gasteiger partial charge in [0.05, 0.1) is 18.3 Å². The van der Waals surface area contributed by atoms with Crippen LogP contribution in [0.2, 0.25) is 36.3 Å². The summed E-state index contributed by atoms with van der Waals surface area (Å²) in [6, 6.07) is 0. The molecular weight excluding hydrogens is 573 g/mol. The molecule has 0 spiro atoms. The van der Waals surface area contributed by atoms with Crippen LogP contribution in [0.4, 0.5) is 0 Å². The molecular formula is C39H68O3Si2. The minimum absolute atomic E-state index is 0.0233. The highest BCUT2D eigenvalue weighted by atomic mass is 28.4. The van der Waals surface area contributed by atoms with Crippen molar-refractivity contribution < 1.29 is 14.0 Å². The van der Waals surface area contributed by atoms with E-state index in [2.05, 4.69) is 112 Å². The highest BCUT2D eigenvalue weighted by Crippen LogP contribution is 2.59. The summed E-state index contributed by atoms with van der Waals surface area (Å²) in [5.74, 6) is 2.35. The number of rotatable bonds is 9. The summed E-state index contributed by atoms with van der Waals surface area (Å²) in [6.07, 6.45) is 19.9. The third kappa shape index (κ3) is 7.86. The number of aliphatic hydroxyl groups is 1. The molecule has 0 heterocycles. The van der Waals surface area contributed by atoms with Gasteiger partial charge in [-0.25, -0.2) is 0 Å². The summed E-state index contributed by atoms with van der Waals surface area (Å²) in [7, 11) is -3.90. The van der Waals surface area contributed by atoms with E-state index in [1.807, 2.05) is 0 Å². The van der Waals surface area contributed by atoms with Crippen molar-refractivity contribution in [2.24, 2.45) is 29.1 Å². The Labute approximate surface area is 274 Å². The number of hydrogen-bond acceptors (Lipinski definition) is 3. The molecule has 4 aliphatic carbocycles. The van der Waals surface area contributed by atoms with Gasteiger partial charge in [-0.15, -0.1) is 0 Å². The van der Waals surface area contributed by atoms with Gasteiger partial charge >= 0.3 is 0 Å². The van der Waals surface area contributed by atoms with Gasteiger partial charge in [-0.2, -0.15) is 0 Å². The molecule has 0 amide bonds. The molecule has 1 N–H and O–H groups in total. The predicted octanol–water partition coefficient (Wildman–Crippen LogP) is 11.1. The second-order valence-corrected chi connectivity index (χ2v) is 27.9. The standard InChI is InChI=1S/C39H68O3Si2/c1-27(16-23-35(40)30-18-19-30)33-21-22-34-29(15-14-24-39(33,34)9)17-20-31-25-32(41-43(10,11)37(3,4)5)26-36(28(31)2)42-44(12,13)38(6,7)8/h16-17,20,23,27,30,32-36,40H,2,14-15,18-19,21-22,24-26H2,1,3-13H3/b23-16+,29-17+,31-20+/t27-,32-,33+,34+,35+,36+,39-/m1/s1. The van der Waals surface area contributed by atoms with Crippen LogP contribution in [-0.2, 0) is 8.85 Å². The monoisotopic (exact) mass is 640 g/mol. The van der Waals surface area contributed by atoms with Crippen LogP contribution in [0.25, 0.3) is 0 Å². The molecule has 0 radical (unpaired) electrons. The Morgan fingerprint density at radius 3 is 2.11 bits per heavy atom. The molecule has 250 valence electrons. The van der Waals surface area contributed by atoms with Crippen LogP contribution in [0.15, 0.2) is 47.6 Å². The third-order valence-corrected chi connectivity index (χ3v) is 22.1. The van der Waals surface area contributed by atoms with Crippen molar-refractivity contribution in [1.82, 2.24) is 0 Å². The SMILES string of the molecule is C=C1/C(=C/C=C2\CCC[C@@]3(C)[C@H]2CC[C@H]3[C@H](C)/C=C/[C@H](O)C2CC2)C[C@@H](O[Si](C)(C)C(C)(C)C)C[C@@H]1O[Si](C)(C)C(C)(C)C. The highest BCUT2D eigenvalue weighted by Gasteiger charge is 2.50. The summed E-state index contributed by atoms with van der Waals surface area (Å²) in [6.45, 7) is 33.2. The Bertz CT molecular complexity index is 1130. The summed E-state index contributed by atoms with van der Waals surface area (Å²) in [4.78, 5) is 0. The lowest BCUT2D eigenvalue weighted by atomic mass is 9.61. The van der Waals surface area contributed by atoms with Gasteiger partial charge in [-0.1, -0.05) is 91.8 Å². The van der Waals surface area contributed by atoms with E-state index in [-0.39, 0.29) is 28.4 Å². The first-order valence-electron chi connectivity index (χ1n) is 18.0. The Morgan fingerprint density at radius 1 is 0.909 bits per heavy atom. The van der Waals surface area contributed by atoms with Crippen LogP contribution in [0.3, 0.4) is 0 Å². The summed E-state index contributed by atoms with van der Waals surface area (Å²) in [5.41, 5.74) is 4.49. The normalized spacial score (nSPS) is 34.2. The zero-order valence-corrected chi connectivity index (χ0v) is 32.7. The van der Waals surface area contributed by atoms with Crippen molar-refractivity contribution >= 4 is 16.6 Å². The van der Waals surface area contributed by atoms with Crippen molar-refractivity contribution in [2.75, 3.05) is 0 Å². The van der Waals surface area contributed by atoms with E-state index in [0.29, 0.717) is 29.1 Å². The van der Waals surface area contributed by atoms with Crippen LogP contribution in [0.1, 0.15) is 113 Å². The topological polar surface area (TPSA) is 38.7 Å². The smallest absolute Gasteiger partial charge is 0.192 e. The zero-order chi connectivity index (χ0) is 32.9. The Kier molecular flexibility index (Phi) is 10.7. The first-order chi connectivity index (χ1) is 20.2. The number of hydrogen-bond donors (Lipinski definition) is 1. The molecule has 4 rings (SSSR count). The van der Waals surface area contributed by atoms with E-state index in [1.54, 1.807) is 5.57 Å². The summed E-state index contributed by atoms with van der Waals surface area (Å²) in [5, 5.41) is 10.8. The molecule has 0 saturated heterocycles. The van der Waals surface area contributed by atoms with Gasteiger partial charge in [0.1, 0.15) is 0 Å². The lowest BCUT2D eigenvalue weighted by molar-refractivity contribution is 0.0969. The van der Waals surface area contributed by atoms with E-state index in [9.17, 15) is 5.11 Å². The van der Waals surface area contributed by atoms with Crippen LogP contribution in [-0.4, -0.2) is 40.1 Å². The van der Waals surface area contributed by atoms with Crippen molar-refractivity contribution in [2.45, 2.75) is 168 Å². The van der Waals surface area contributed by atoms with Gasteiger partial charge in [0.2, 0.25) is 0 Å². The maximum absolute atomic E-state index is 10.5. The molecule has 0 bridgehead atoms. The molecule has 0 aliphatic heterocycles. The largest absolute Gasteiger partial charge is 0.413 e. The van der Waals surface area contributed by atoms with Crippen molar-refractivity contribution in [3.63, 3.8) is 0 Å². The zero-order valence-electron chi connectivity index (χ0n) is 30.7. The van der Waals surface area contributed by atoms with Crippen LogP contribution < -0.4 is 0 Å². The average Bonchev–Trinajstić information content (AvgIpc) is 3.68. The van der Waals surface area contributed by atoms with E-state index in [1.165, 1.54) is 56.1 Å². The van der Waals surface area contributed by atoms with Gasteiger partial charge < -0.3 is 14.0 Å². The molecule has 4 fully saturated rings. The molecule has 5 heteroatoms. The molecule has 0 aromatic rings. The first-order valence-corrected chi connectivity index (χ1v) is 23.8. The second kappa shape index (κ2) is 13.1. The van der Waals surface area contributed by atoms with Gasteiger partial charge in [0.15, 0.2) is 16.6 Å². The highest BCUT2D eigenvalue weighted by molar-refractivity contribution is 6.74. The Hall–Kier alpha value is -0.726. The molecule has 3 nitrogen and oxygen atoms in total. The number of fused-ring (bicyclic) bond motifs is 1. The molecule has 0 unspecified atom stereocenters. The van der Waals surface area contributed by atoms with Gasteiger partial charge in [0, 0.05) is 6.42 Å². The number of allylic oxidation sites excluding steroid dienone is 4. The fourth-order valence-corrected chi connectivity index (χ4v) is 10.6. The fraction of sp³-hybridized carbons (Fsp3) is 0.795. The first kappa shape index (κ1) is 36.1. The lowest BCUT2D eigenvalue weighted by Gasteiger charge is -2.45. The fourth-order valence-electron chi connectivity index (χ4n) is 7.93. The maximum Gasteiger partial charge on any atom is 0.192 e. The van der Waals surface area contributed by atoms with Crippen molar-refractivity contribution in [3.8, 4) is 0 Å². The van der Waals surface area contributed by atoms with E-state index >= 15 is 0 Å². The van der Waals surface area contributed by atoms with E-state index in [0.717, 1.165) is 12.8 Å². The number of aliphatic hydroxyl groups excluding tert-OH is 1. The molecule has 4 aliphatic rings. The molecule has 4 saturated carbocycles. The third-order valence-electron chi connectivity index (χ3n) is 13.1. The maximum atomic E-state index is 10.5. The van der Waals surface area contributed by atoms with Gasteiger partial charge in [-0.3, -0.25) is 0 Å². The van der Waals surface area contributed by atoms with E-state index in [4.69, 9.17) is 8.85 Å². The summed E-state index contributed by atoms with van der Waals surface area (Å²) < 4.78 is 14.2. The molecule has 0 aromatic carbocycles. The minimum atomic E-state index is -1.98. The van der Waals surface area contributed by atoms with Crippen LogP contribution in [0.5, 0.6) is 0 Å². The molecule has 44 heavy (non-hydrogen) atoms. The lowest BCUT2D eigenvalue weighted by Crippen LogP contribution is -2.49. The van der Waals surface area contributed by atoms with Crippen LogP contribution in [0, 0.1) is 29.1 Å². The van der Waals surface area contributed by atoms with Crippen molar-refractivity contribution in [1.29, 1.82) is 0 Å². The van der Waals surface area contributed by atoms with Gasteiger partial charge in [0.25, 0.3) is 0 Å². The predicted molar refractivity (Wildman–Crippen MR) is 194 cm³/mol. The quantitative estimate of drug-likeness (QED) is 0.201. The Balaban J connectivity index is 1.57. The van der Waals surface area contributed by atoms with Gasteiger partial charge in [-0.05, 0) is 128 Å². The molecule has 7 atom stereocenters. The van der Waals surface area contributed by atoms with Crippen LogP contribution >= 0.6 is 0 Å². The second-order valence-electron chi connectivity index (χ2n) is 18.4. The summed E-state index contributed by atoms with van der Waals surface area (Å²) >= 11 is 0. The average molecular weight is 641 g/mol.